The van der Waals surface area contributed by atoms with Crippen molar-refractivity contribution in [1.82, 2.24) is 9.80 Å². The Balaban J connectivity index is 2.11. The van der Waals surface area contributed by atoms with Gasteiger partial charge in [-0.25, -0.2) is 0 Å². The molecule has 2 fully saturated rings. The summed E-state index contributed by atoms with van der Waals surface area (Å²) in [5, 5.41) is 0. The van der Waals surface area contributed by atoms with E-state index in [0.717, 1.165) is 25.9 Å². The van der Waals surface area contributed by atoms with E-state index in [9.17, 15) is 0 Å². The van der Waals surface area contributed by atoms with E-state index in [-0.39, 0.29) is 5.54 Å². The maximum Gasteiger partial charge on any atom is 0.0568 e. The van der Waals surface area contributed by atoms with Crippen molar-refractivity contribution in [3.05, 3.63) is 0 Å². The molecular formula is C15H31N3O. The molecular weight excluding hydrogens is 238 g/mol. The van der Waals surface area contributed by atoms with Crippen LogP contribution < -0.4 is 5.73 Å². The van der Waals surface area contributed by atoms with Gasteiger partial charge in [-0.05, 0) is 60.2 Å². The van der Waals surface area contributed by atoms with Crippen LogP contribution in [0.5, 0.6) is 0 Å². The van der Waals surface area contributed by atoms with Crippen LogP contribution in [0.25, 0.3) is 0 Å². The van der Waals surface area contributed by atoms with E-state index in [0.29, 0.717) is 18.2 Å². The van der Waals surface area contributed by atoms with E-state index >= 15 is 0 Å². The lowest BCUT2D eigenvalue weighted by atomic mass is 9.81. The summed E-state index contributed by atoms with van der Waals surface area (Å²) in [6.45, 7) is 7.48. The molecule has 3 atom stereocenters. The molecule has 4 heteroatoms. The van der Waals surface area contributed by atoms with Crippen molar-refractivity contribution < 1.29 is 4.74 Å². The highest BCUT2D eigenvalue weighted by Crippen LogP contribution is 2.35. The largest absolute Gasteiger partial charge is 0.375 e. The van der Waals surface area contributed by atoms with Gasteiger partial charge in [0.15, 0.2) is 0 Å². The first-order valence-electron chi connectivity index (χ1n) is 7.74. The second-order valence-corrected chi connectivity index (χ2v) is 6.80. The fourth-order valence-corrected chi connectivity index (χ4v) is 4.01. The Hall–Kier alpha value is -0.160. The van der Waals surface area contributed by atoms with Gasteiger partial charge < -0.3 is 15.4 Å². The van der Waals surface area contributed by atoms with Crippen molar-refractivity contribution >= 4 is 0 Å². The number of hydrogen-bond acceptors (Lipinski definition) is 4. The molecule has 0 radical (unpaired) electrons. The summed E-state index contributed by atoms with van der Waals surface area (Å²) < 4.78 is 5.92. The van der Waals surface area contributed by atoms with Gasteiger partial charge in [-0.1, -0.05) is 0 Å². The smallest absolute Gasteiger partial charge is 0.0568 e. The molecule has 3 unspecified atom stereocenters. The van der Waals surface area contributed by atoms with Gasteiger partial charge in [0, 0.05) is 24.7 Å². The minimum atomic E-state index is 0.158. The maximum atomic E-state index is 6.20. The van der Waals surface area contributed by atoms with E-state index < -0.39 is 0 Å². The quantitative estimate of drug-likeness (QED) is 0.838. The van der Waals surface area contributed by atoms with E-state index in [1.165, 1.54) is 19.4 Å². The standard InChI is InChI=1S/C15H31N3O/c1-12-8-15(11-16,9-13(2)19-12)18-7-5-6-14(10-18)17(3)4/h12-14H,5-11,16H2,1-4H3. The zero-order valence-electron chi connectivity index (χ0n) is 13.1. The molecule has 0 aliphatic carbocycles. The van der Waals surface area contributed by atoms with Crippen LogP contribution in [0.1, 0.15) is 39.5 Å². The maximum absolute atomic E-state index is 6.20. The molecule has 0 bridgehead atoms. The number of rotatable bonds is 3. The Morgan fingerprint density at radius 3 is 2.42 bits per heavy atom. The monoisotopic (exact) mass is 269 g/mol. The lowest BCUT2D eigenvalue weighted by molar-refractivity contribution is -0.111. The normalized spacial score (nSPS) is 41.7. The number of nitrogens with two attached hydrogens (primary N) is 1. The van der Waals surface area contributed by atoms with Crippen molar-refractivity contribution in [2.24, 2.45) is 5.73 Å². The summed E-state index contributed by atoms with van der Waals surface area (Å²) in [6, 6.07) is 0.672. The summed E-state index contributed by atoms with van der Waals surface area (Å²) in [5.41, 5.74) is 6.36. The van der Waals surface area contributed by atoms with Gasteiger partial charge in [0.05, 0.1) is 12.2 Å². The second-order valence-electron chi connectivity index (χ2n) is 6.80. The Kier molecular flexibility index (Phi) is 4.88. The minimum Gasteiger partial charge on any atom is -0.375 e. The van der Waals surface area contributed by atoms with Gasteiger partial charge in [-0.3, -0.25) is 4.90 Å². The van der Waals surface area contributed by atoms with Crippen LogP contribution in [0.3, 0.4) is 0 Å². The van der Waals surface area contributed by atoms with Crippen molar-refractivity contribution in [2.45, 2.75) is 63.3 Å². The SMILES string of the molecule is CC1CC(CN)(N2CCCC(N(C)C)C2)CC(C)O1. The Bertz CT molecular complexity index is 285. The molecule has 0 amide bonds. The molecule has 4 nitrogen and oxygen atoms in total. The third-order valence-electron chi connectivity index (χ3n) is 4.98. The third kappa shape index (κ3) is 3.30. The Morgan fingerprint density at radius 2 is 1.89 bits per heavy atom. The van der Waals surface area contributed by atoms with E-state index in [1.54, 1.807) is 0 Å². The topological polar surface area (TPSA) is 41.7 Å². The fraction of sp³-hybridized carbons (Fsp3) is 1.00. The number of nitrogens with zero attached hydrogens (tertiary/aromatic N) is 2. The number of hydrogen-bond donors (Lipinski definition) is 1. The zero-order chi connectivity index (χ0) is 14.0. The highest BCUT2D eigenvalue weighted by atomic mass is 16.5. The van der Waals surface area contributed by atoms with Crippen LogP contribution in [-0.2, 0) is 4.74 Å². The molecule has 2 rings (SSSR count). The lowest BCUT2D eigenvalue weighted by Gasteiger charge is -2.52. The molecule has 19 heavy (non-hydrogen) atoms. The summed E-state index contributed by atoms with van der Waals surface area (Å²) >= 11 is 0. The fourth-order valence-electron chi connectivity index (χ4n) is 4.01. The molecule has 0 saturated carbocycles. The molecule has 2 N–H and O–H groups in total. The molecule has 2 aliphatic heterocycles. The van der Waals surface area contributed by atoms with Gasteiger partial charge in [0.1, 0.15) is 0 Å². The van der Waals surface area contributed by atoms with Crippen LogP contribution in [0.4, 0.5) is 0 Å². The first-order chi connectivity index (χ1) is 8.97. The zero-order valence-corrected chi connectivity index (χ0v) is 13.1. The molecule has 2 aliphatic rings. The molecule has 0 aromatic carbocycles. The van der Waals surface area contributed by atoms with Crippen molar-refractivity contribution in [2.75, 3.05) is 33.7 Å². The van der Waals surface area contributed by atoms with E-state index in [2.05, 4.69) is 37.7 Å². The van der Waals surface area contributed by atoms with E-state index in [1.807, 2.05) is 0 Å². The second kappa shape index (κ2) is 6.08. The average molecular weight is 269 g/mol. The summed E-state index contributed by atoms with van der Waals surface area (Å²) in [7, 11) is 4.39. The van der Waals surface area contributed by atoms with Crippen molar-refractivity contribution in [1.29, 1.82) is 0 Å². The van der Waals surface area contributed by atoms with Crippen molar-refractivity contribution in [3.63, 3.8) is 0 Å². The van der Waals surface area contributed by atoms with E-state index in [4.69, 9.17) is 10.5 Å². The van der Waals surface area contributed by atoms with Gasteiger partial charge in [0.2, 0.25) is 0 Å². The van der Waals surface area contributed by atoms with Crippen LogP contribution >= 0.6 is 0 Å². The molecule has 0 aromatic rings. The van der Waals surface area contributed by atoms with Gasteiger partial charge in [0.25, 0.3) is 0 Å². The predicted molar refractivity (Wildman–Crippen MR) is 79.3 cm³/mol. The highest BCUT2D eigenvalue weighted by Gasteiger charge is 2.43. The molecule has 2 heterocycles. The summed E-state index contributed by atoms with van der Waals surface area (Å²) in [5.74, 6) is 0. The average Bonchev–Trinajstić information content (AvgIpc) is 2.37. The first-order valence-corrected chi connectivity index (χ1v) is 7.74. The first kappa shape index (κ1) is 15.2. The molecule has 0 aromatic heterocycles. The molecule has 2 saturated heterocycles. The van der Waals surface area contributed by atoms with Gasteiger partial charge in [-0.2, -0.15) is 0 Å². The minimum absolute atomic E-state index is 0.158. The van der Waals surface area contributed by atoms with Crippen LogP contribution in [0.2, 0.25) is 0 Å². The third-order valence-corrected chi connectivity index (χ3v) is 4.98. The molecule has 0 spiro atoms. The highest BCUT2D eigenvalue weighted by molar-refractivity contribution is 5.00. The van der Waals surface area contributed by atoms with Gasteiger partial charge in [-0.15, -0.1) is 0 Å². The Morgan fingerprint density at radius 1 is 1.26 bits per heavy atom. The number of ether oxygens (including phenoxy) is 1. The number of likely N-dealkylation sites (N-methyl/N-ethyl adjacent to an activating group) is 1. The summed E-state index contributed by atoms with van der Waals surface area (Å²) in [6.07, 6.45) is 5.40. The van der Waals surface area contributed by atoms with Crippen molar-refractivity contribution in [3.8, 4) is 0 Å². The predicted octanol–water partition coefficient (Wildman–Crippen LogP) is 1.30. The molecule has 112 valence electrons. The Labute approximate surface area is 118 Å². The summed E-state index contributed by atoms with van der Waals surface area (Å²) in [4.78, 5) is 5.03. The number of likely N-dealkylation sites (tertiary alicyclic amines) is 1. The van der Waals surface area contributed by atoms with Gasteiger partial charge >= 0.3 is 0 Å². The van der Waals surface area contributed by atoms with Crippen LogP contribution in [-0.4, -0.2) is 67.3 Å². The lowest BCUT2D eigenvalue weighted by Crippen LogP contribution is -2.63. The van der Waals surface area contributed by atoms with Crippen LogP contribution in [0.15, 0.2) is 0 Å². The number of piperidine rings is 1. The van der Waals surface area contributed by atoms with Crippen LogP contribution in [0, 0.1) is 0 Å².